The van der Waals surface area contributed by atoms with Crippen LogP contribution < -0.4 is 5.32 Å². The van der Waals surface area contributed by atoms with E-state index >= 15 is 0 Å². The van der Waals surface area contributed by atoms with Gasteiger partial charge < -0.3 is 15.3 Å². The lowest BCUT2D eigenvalue weighted by atomic mass is 9.76. The van der Waals surface area contributed by atoms with Crippen molar-refractivity contribution in [3.8, 4) is 12.3 Å². The molecule has 1 aliphatic rings. The lowest BCUT2D eigenvalue weighted by molar-refractivity contribution is -0.148. The van der Waals surface area contributed by atoms with Crippen LogP contribution >= 0.6 is 0 Å². The van der Waals surface area contributed by atoms with E-state index in [2.05, 4.69) is 11.2 Å². The number of carboxylic acid groups (broad SMARTS) is 1. The first-order valence-corrected chi connectivity index (χ1v) is 6.53. The van der Waals surface area contributed by atoms with E-state index in [4.69, 9.17) is 6.42 Å². The highest BCUT2D eigenvalue weighted by atomic mass is 16.4. The highest BCUT2D eigenvalue weighted by molar-refractivity contribution is 5.83. The van der Waals surface area contributed by atoms with Crippen molar-refractivity contribution in [2.24, 2.45) is 5.41 Å². The average Bonchev–Trinajstić information content (AvgIpc) is 2.26. The molecular weight excluding hydrogens is 244 g/mol. The van der Waals surface area contributed by atoms with Crippen molar-refractivity contribution in [1.82, 2.24) is 10.2 Å². The topological polar surface area (TPSA) is 69.6 Å². The summed E-state index contributed by atoms with van der Waals surface area (Å²) in [6.45, 7) is 6.05. The lowest BCUT2D eigenvalue weighted by Crippen LogP contribution is -2.59. The summed E-state index contributed by atoms with van der Waals surface area (Å²) in [4.78, 5) is 25.0. The maximum Gasteiger partial charge on any atom is 0.327 e. The van der Waals surface area contributed by atoms with E-state index in [0.29, 0.717) is 13.0 Å². The van der Waals surface area contributed by atoms with Crippen LogP contribution in [0.15, 0.2) is 0 Å². The van der Waals surface area contributed by atoms with Gasteiger partial charge in [-0.3, -0.25) is 0 Å². The lowest BCUT2D eigenvalue weighted by Gasteiger charge is -2.44. The van der Waals surface area contributed by atoms with Gasteiger partial charge in [0.1, 0.15) is 6.04 Å². The molecular formula is C14H22N2O3. The van der Waals surface area contributed by atoms with Crippen molar-refractivity contribution < 1.29 is 14.7 Å². The third-order valence-electron chi connectivity index (χ3n) is 3.56. The third kappa shape index (κ3) is 3.63. The summed E-state index contributed by atoms with van der Waals surface area (Å²) < 4.78 is 0. The second-order valence-electron chi connectivity index (χ2n) is 5.79. The fourth-order valence-corrected chi connectivity index (χ4v) is 2.60. The molecule has 0 radical (unpaired) electrons. The molecule has 1 fully saturated rings. The van der Waals surface area contributed by atoms with E-state index in [1.807, 2.05) is 20.8 Å². The predicted octanol–water partition coefficient (Wildman–Crippen LogP) is 1.68. The molecule has 5 nitrogen and oxygen atoms in total. The number of aliphatic carboxylic acids is 1. The summed E-state index contributed by atoms with van der Waals surface area (Å²) in [6, 6.07) is -1.29. The Kier molecular flexibility index (Phi) is 4.82. The van der Waals surface area contributed by atoms with Crippen molar-refractivity contribution >= 4 is 12.0 Å². The molecule has 1 saturated heterocycles. The molecule has 5 heteroatoms. The second-order valence-corrected chi connectivity index (χ2v) is 5.79. The highest BCUT2D eigenvalue weighted by Gasteiger charge is 2.44. The van der Waals surface area contributed by atoms with Crippen LogP contribution in [0.5, 0.6) is 0 Å². The summed E-state index contributed by atoms with van der Waals surface area (Å²) in [7, 11) is 0. The number of carboxylic acids is 1. The minimum Gasteiger partial charge on any atom is -0.480 e. The molecule has 0 saturated carbocycles. The van der Waals surface area contributed by atoms with Crippen molar-refractivity contribution in [3.63, 3.8) is 0 Å². The smallest absolute Gasteiger partial charge is 0.327 e. The summed E-state index contributed by atoms with van der Waals surface area (Å²) in [5.41, 5.74) is -0.420. The Morgan fingerprint density at radius 1 is 1.58 bits per heavy atom. The number of rotatable bonds is 3. The first-order chi connectivity index (χ1) is 8.79. The zero-order chi connectivity index (χ0) is 14.6. The number of hydrogen-bond acceptors (Lipinski definition) is 2. The number of hydrogen-bond donors (Lipinski definition) is 2. The Hall–Kier alpha value is -1.70. The first-order valence-electron chi connectivity index (χ1n) is 6.53. The molecule has 1 aliphatic heterocycles. The minimum atomic E-state index is -0.954. The minimum absolute atomic E-state index is 0.156. The van der Waals surface area contributed by atoms with Gasteiger partial charge in [-0.2, -0.15) is 0 Å². The highest BCUT2D eigenvalue weighted by Crippen LogP contribution is 2.35. The van der Waals surface area contributed by atoms with Crippen LogP contribution in [0.1, 0.15) is 40.0 Å². The van der Waals surface area contributed by atoms with Gasteiger partial charge in [-0.05, 0) is 25.2 Å². The zero-order valence-corrected chi connectivity index (χ0v) is 11.8. The van der Waals surface area contributed by atoms with Crippen LogP contribution in [0.3, 0.4) is 0 Å². The molecule has 2 unspecified atom stereocenters. The molecule has 2 N–H and O–H groups in total. The number of nitrogens with one attached hydrogen (secondary N) is 1. The molecule has 1 heterocycles. The van der Waals surface area contributed by atoms with Gasteiger partial charge in [-0.25, -0.2) is 9.59 Å². The Bertz CT molecular complexity index is 398. The summed E-state index contributed by atoms with van der Waals surface area (Å²) in [5, 5.41) is 12.1. The normalized spacial score (nSPS) is 23.3. The molecule has 0 spiro atoms. The number of piperidine rings is 1. The molecule has 0 aromatic heterocycles. The summed E-state index contributed by atoms with van der Waals surface area (Å²) in [5.74, 6) is 1.52. The number of carbonyl (C=O) groups excluding carboxylic acids is 1. The molecule has 19 heavy (non-hydrogen) atoms. The standard InChI is InChI=1S/C14H22N2O3/c1-5-7-10(2)15-13(19)16-9-6-8-14(3,4)11(16)12(17)18/h1,10-11H,6-9H2,2-4H3,(H,15,19)(H,17,18). The molecule has 0 aliphatic carbocycles. The van der Waals surface area contributed by atoms with Gasteiger partial charge in [0.15, 0.2) is 0 Å². The molecule has 2 atom stereocenters. The van der Waals surface area contributed by atoms with Gasteiger partial charge in [-0.1, -0.05) is 13.8 Å². The number of carbonyl (C=O) groups is 2. The number of amides is 2. The van der Waals surface area contributed by atoms with Crippen LogP contribution in [-0.2, 0) is 4.79 Å². The zero-order valence-electron chi connectivity index (χ0n) is 11.8. The first kappa shape index (κ1) is 15.4. The van der Waals surface area contributed by atoms with Gasteiger partial charge in [0.05, 0.1) is 0 Å². The van der Waals surface area contributed by atoms with E-state index < -0.39 is 17.4 Å². The Labute approximate surface area is 114 Å². The third-order valence-corrected chi connectivity index (χ3v) is 3.56. The molecule has 0 bridgehead atoms. The van der Waals surface area contributed by atoms with E-state index in [1.54, 1.807) is 0 Å². The van der Waals surface area contributed by atoms with Crippen LogP contribution in [0.2, 0.25) is 0 Å². The van der Waals surface area contributed by atoms with Crippen LogP contribution in [-0.4, -0.2) is 40.6 Å². The van der Waals surface area contributed by atoms with Crippen LogP contribution in [0.4, 0.5) is 4.79 Å². The molecule has 1 rings (SSSR count). The van der Waals surface area contributed by atoms with E-state index in [1.165, 1.54) is 4.90 Å². The Balaban J connectivity index is 2.82. The Morgan fingerprint density at radius 2 is 2.21 bits per heavy atom. The second kappa shape index (κ2) is 5.96. The van der Waals surface area contributed by atoms with Crippen molar-refractivity contribution in [2.45, 2.75) is 52.1 Å². The maximum atomic E-state index is 12.2. The van der Waals surface area contributed by atoms with Gasteiger partial charge in [0.25, 0.3) is 0 Å². The summed E-state index contributed by atoms with van der Waals surface area (Å²) in [6.07, 6.45) is 7.24. The predicted molar refractivity (Wildman–Crippen MR) is 72.6 cm³/mol. The largest absolute Gasteiger partial charge is 0.480 e. The fraction of sp³-hybridized carbons (Fsp3) is 0.714. The van der Waals surface area contributed by atoms with Crippen LogP contribution in [0.25, 0.3) is 0 Å². The Morgan fingerprint density at radius 3 is 2.74 bits per heavy atom. The van der Waals surface area contributed by atoms with Gasteiger partial charge in [-0.15, -0.1) is 12.3 Å². The van der Waals surface area contributed by atoms with Crippen LogP contribution in [0, 0.1) is 17.8 Å². The van der Waals surface area contributed by atoms with Crippen molar-refractivity contribution in [2.75, 3.05) is 6.54 Å². The number of terminal acetylenes is 1. The molecule has 2 amide bonds. The molecule has 106 valence electrons. The summed E-state index contributed by atoms with van der Waals surface area (Å²) >= 11 is 0. The van der Waals surface area contributed by atoms with Gasteiger partial charge in [0, 0.05) is 19.0 Å². The van der Waals surface area contributed by atoms with E-state index in [0.717, 1.165) is 12.8 Å². The molecule has 0 aromatic carbocycles. The monoisotopic (exact) mass is 266 g/mol. The quantitative estimate of drug-likeness (QED) is 0.764. The van der Waals surface area contributed by atoms with Crippen molar-refractivity contribution in [1.29, 1.82) is 0 Å². The molecule has 0 aromatic rings. The number of likely N-dealkylation sites (tertiary alicyclic amines) is 1. The van der Waals surface area contributed by atoms with E-state index in [9.17, 15) is 14.7 Å². The van der Waals surface area contributed by atoms with E-state index in [-0.39, 0.29) is 12.1 Å². The number of nitrogens with zero attached hydrogens (tertiary/aromatic N) is 1. The SMILES string of the molecule is C#CCC(C)NC(=O)N1CCCC(C)(C)C1C(=O)O. The van der Waals surface area contributed by atoms with Gasteiger partial charge >= 0.3 is 12.0 Å². The maximum absolute atomic E-state index is 12.2. The van der Waals surface area contributed by atoms with Gasteiger partial charge in [0.2, 0.25) is 0 Å². The average molecular weight is 266 g/mol. The van der Waals surface area contributed by atoms with Crippen molar-refractivity contribution in [3.05, 3.63) is 0 Å². The fourth-order valence-electron chi connectivity index (χ4n) is 2.60. The number of urea groups is 1.